The van der Waals surface area contributed by atoms with E-state index in [9.17, 15) is 0 Å². The van der Waals surface area contributed by atoms with E-state index in [0.717, 1.165) is 38.9 Å². The minimum absolute atomic E-state index is 0.0949. The molecule has 0 atom stereocenters. The van der Waals surface area contributed by atoms with Crippen molar-refractivity contribution in [3.63, 3.8) is 0 Å². The third kappa shape index (κ3) is 2.80. The molecule has 2 heteroatoms. The van der Waals surface area contributed by atoms with Crippen molar-refractivity contribution in [3.05, 3.63) is 6.92 Å². The van der Waals surface area contributed by atoms with Gasteiger partial charge in [-0.05, 0) is 45.8 Å². The highest BCUT2D eigenvalue weighted by Crippen LogP contribution is 2.18. The van der Waals surface area contributed by atoms with E-state index < -0.39 is 0 Å². The maximum atomic E-state index is 5.99. The number of likely N-dealkylation sites (tertiary alicyclic amines) is 1. The Morgan fingerprint density at radius 2 is 2.00 bits per heavy atom. The summed E-state index contributed by atoms with van der Waals surface area (Å²) in [7, 11) is 0. The minimum atomic E-state index is 0.0949. The summed E-state index contributed by atoms with van der Waals surface area (Å²) in [4.78, 5) is 2.45. The molecule has 1 fully saturated rings. The van der Waals surface area contributed by atoms with Gasteiger partial charge in [-0.15, -0.1) is 0 Å². The van der Waals surface area contributed by atoms with Crippen LogP contribution in [-0.2, 0) is 0 Å². The van der Waals surface area contributed by atoms with E-state index in [1.807, 2.05) is 0 Å². The largest absolute Gasteiger partial charge is 0.325 e. The van der Waals surface area contributed by atoms with Crippen molar-refractivity contribution >= 4 is 0 Å². The molecule has 65 valence electrons. The average Bonchev–Trinajstić information content (AvgIpc) is 1.94. The van der Waals surface area contributed by atoms with E-state index in [4.69, 9.17) is 5.73 Å². The normalized spacial score (nSPS) is 25.4. The summed E-state index contributed by atoms with van der Waals surface area (Å²) in [5, 5.41) is 0. The van der Waals surface area contributed by atoms with Crippen molar-refractivity contribution < 1.29 is 0 Å². The Morgan fingerprint density at radius 3 is 2.45 bits per heavy atom. The SMILES string of the molecule is [CH2]CCN1CCC(C)(N)CC1. The predicted octanol–water partition coefficient (Wildman–Crippen LogP) is 1.02. The summed E-state index contributed by atoms with van der Waals surface area (Å²) >= 11 is 0. The van der Waals surface area contributed by atoms with Crippen molar-refractivity contribution in [2.75, 3.05) is 19.6 Å². The van der Waals surface area contributed by atoms with Gasteiger partial charge >= 0.3 is 0 Å². The van der Waals surface area contributed by atoms with Crippen LogP contribution in [0.4, 0.5) is 0 Å². The quantitative estimate of drug-likeness (QED) is 0.645. The minimum Gasteiger partial charge on any atom is -0.325 e. The second-order valence-electron chi connectivity index (χ2n) is 3.85. The van der Waals surface area contributed by atoms with E-state index in [2.05, 4.69) is 18.7 Å². The first-order valence-electron chi connectivity index (χ1n) is 4.44. The van der Waals surface area contributed by atoms with Gasteiger partial charge in [0, 0.05) is 5.54 Å². The lowest BCUT2D eigenvalue weighted by Gasteiger charge is -2.36. The summed E-state index contributed by atoms with van der Waals surface area (Å²) in [5.74, 6) is 0. The van der Waals surface area contributed by atoms with Gasteiger partial charge in [0.1, 0.15) is 0 Å². The molecule has 2 nitrogen and oxygen atoms in total. The van der Waals surface area contributed by atoms with Crippen LogP contribution in [-0.4, -0.2) is 30.1 Å². The Balaban J connectivity index is 2.25. The molecule has 1 saturated heterocycles. The summed E-state index contributed by atoms with van der Waals surface area (Å²) < 4.78 is 0. The first-order chi connectivity index (χ1) is 5.14. The molecule has 0 aromatic heterocycles. The number of rotatable bonds is 2. The smallest absolute Gasteiger partial charge is 0.0150 e. The van der Waals surface area contributed by atoms with Gasteiger partial charge in [0.05, 0.1) is 0 Å². The number of nitrogens with zero attached hydrogens (tertiary/aromatic N) is 1. The van der Waals surface area contributed by atoms with Crippen LogP contribution in [0.25, 0.3) is 0 Å². The summed E-state index contributed by atoms with van der Waals surface area (Å²) in [6, 6.07) is 0. The maximum Gasteiger partial charge on any atom is 0.0150 e. The Labute approximate surface area is 69.8 Å². The molecule has 0 aromatic rings. The van der Waals surface area contributed by atoms with Gasteiger partial charge in [-0.25, -0.2) is 0 Å². The molecule has 0 unspecified atom stereocenters. The lowest BCUT2D eigenvalue weighted by Crippen LogP contribution is -2.48. The van der Waals surface area contributed by atoms with Gasteiger partial charge < -0.3 is 10.6 Å². The zero-order valence-electron chi connectivity index (χ0n) is 7.47. The lowest BCUT2D eigenvalue weighted by molar-refractivity contribution is 0.174. The first kappa shape index (κ1) is 9.01. The molecule has 11 heavy (non-hydrogen) atoms. The van der Waals surface area contributed by atoms with Crippen molar-refractivity contribution in [2.45, 2.75) is 31.7 Å². The van der Waals surface area contributed by atoms with Gasteiger partial charge in [0.25, 0.3) is 0 Å². The Morgan fingerprint density at radius 1 is 1.45 bits per heavy atom. The van der Waals surface area contributed by atoms with Gasteiger partial charge in [0.2, 0.25) is 0 Å². The van der Waals surface area contributed by atoms with Gasteiger partial charge in [-0.2, -0.15) is 0 Å². The number of piperidine rings is 1. The summed E-state index contributed by atoms with van der Waals surface area (Å²) in [5.41, 5.74) is 6.09. The van der Waals surface area contributed by atoms with E-state index in [0.29, 0.717) is 0 Å². The van der Waals surface area contributed by atoms with Crippen LogP contribution < -0.4 is 5.73 Å². The topological polar surface area (TPSA) is 29.3 Å². The van der Waals surface area contributed by atoms with E-state index >= 15 is 0 Å². The molecule has 0 amide bonds. The number of nitrogens with two attached hydrogens (primary N) is 1. The Bertz CT molecular complexity index is 111. The second kappa shape index (κ2) is 3.55. The molecule has 1 aliphatic heterocycles. The van der Waals surface area contributed by atoms with Crippen LogP contribution in [0.3, 0.4) is 0 Å². The van der Waals surface area contributed by atoms with Crippen LogP contribution in [0, 0.1) is 6.92 Å². The van der Waals surface area contributed by atoms with Gasteiger partial charge in [0.15, 0.2) is 0 Å². The maximum absolute atomic E-state index is 5.99. The van der Waals surface area contributed by atoms with Crippen LogP contribution in [0.5, 0.6) is 0 Å². The predicted molar refractivity (Wildman–Crippen MR) is 48.2 cm³/mol. The molecule has 1 rings (SSSR count). The Kier molecular flexibility index (Phi) is 2.90. The average molecular weight is 155 g/mol. The highest BCUT2D eigenvalue weighted by molar-refractivity contribution is 4.85. The first-order valence-corrected chi connectivity index (χ1v) is 4.44. The molecular weight excluding hydrogens is 136 g/mol. The monoisotopic (exact) mass is 155 g/mol. The molecule has 0 aromatic carbocycles. The lowest BCUT2D eigenvalue weighted by atomic mass is 9.91. The molecule has 1 heterocycles. The fourth-order valence-electron chi connectivity index (χ4n) is 1.51. The third-order valence-corrected chi connectivity index (χ3v) is 2.47. The Hall–Kier alpha value is -0.0800. The van der Waals surface area contributed by atoms with Crippen molar-refractivity contribution in [2.24, 2.45) is 5.73 Å². The molecule has 0 spiro atoms. The molecule has 1 radical (unpaired) electrons. The van der Waals surface area contributed by atoms with Crippen LogP contribution in [0.15, 0.2) is 0 Å². The molecule has 1 aliphatic rings. The van der Waals surface area contributed by atoms with Gasteiger partial charge in [-0.1, -0.05) is 6.92 Å². The van der Waals surface area contributed by atoms with E-state index in [1.54, 1.807) is 0 Å². The highest BCUT2D eigenvalue weighted by Gasteiger charge is 2.24. The van der Waals surface area contributed by atoms with Crippen molar-refractivity contribution in [1.29, 1.82) is 0 Å². The molecule has 0 saturated carbocycles. The fraction of sp³-hybridized carbons (Fsp3) is 0.889. The standard InChI is InChI=1S/C9H19N2/c1-3-6-11-7-4-9(2,10)5-8-11/h1,3-8,10H2,2H3. The zero-order chi connectivity index (χ0) is 8.32. The number of hydrogen-bond acceptors (Lipinski definition) is 2. The molecule has 0 aliphatic carbocycles. The molecular formula is C9H19N2. The van der Waals surface area contributed by atoms with Crippen LogP contribution in [0.1, 0.15) is 26.2 Å². The van der Waals surface area contributed by atoms with Crippen molar-refractivity contribution in [1.82, 2.24) is 4.90 Å². The fourth-order valence-corrected chi connectivity index (χ4v) is 1.51. The number of hydrogen-bond donors (Lipinski definition) is 1. The van der Waals surface area contributed by atoms with E-state index in [1.165, 1.54) is 0 Å². The summed E-state index contributed by atoms with van der Waals surface area (Å²) in [6.45, 7) is 9.44. The second-order valence-corrected chi connectivity index (χ2v) is 3.85. The summed E-state index contributed by atoms with van der Waals surface area (Å²) in [6.07, 6.45) is 3.28. The van der Waals surface area contributed by atoms with Crippen molar-refractivity contribution in [3.8, 4) is 0 Å². The highest BCUT2D eigenvalue weighted by atomic mass is 15.1. The van der Waals surface area contributed by atoms with Crippen LogP contribution in [0.2, 0.25) is 0 Å². The molecule has 2 N–H and O–H groups in total. The third-order valence-electron chi connectivity index (χ3n) is 2.47. The van der Waals surface area contributed by atoms with Crippen LogP contribution >= 0.6 is 0 Å². The van der Waals surface area contributed by atoms with E-state index in [-0.39, 0.29) is 5.54 Å². The van der Waals surface area contributed by atoms with Gasteiger partial charge in [-0.3, -0.25) is 0 Å². The zero-order valence-corrected chi connectivity index (χ0v) is 7.47. The molecule has 0 bridgehead atoms.